The molecule has 1 heterocycles. The first-order chi connectivity index (χ1) is 12.8. The Kier molecular flexibility index (Phi) is 5.69. The van der Waals surface area contributed by atoms with Crippen molar-refractivity contribution < 1.29 is 14.6 Å². The van der Waals surface area contributed by atoms with Gasteiger partial charge >= 0.3 is 0 Å². The number of halogens is 1. The first-order valence-corrected chi connectivity index (χ1v) is 9.46. The SMILES string of the molecule is C[C@@H](c1nc2ccccc2s1)[NH+](C)CC(=O)Nc1ccc(Cl)cc1[N+](=O)[O-]. The topological polar surface area (TPSA) is 89.6 Å². The van der Waals surface area contributed by atoms with Crippen LogP contribution in [0.1, 0.15) is 18.0 Å². The molecule has 0 aliphatic heterocycles. The van der Waals surface area contributed by atoms with Crippen molar-refractivity contribution in [1.82, 2.24) is 4.98 Å². The summed E-state index contributed by atoms with van der Waals surface area (Å²) in [4.78, 5) is 28.5. The van der Waals surface area contributed by atoms with Gasteiger partial charge in [-0.1, -0.05) is 23.7 Å². The Morgan fingerprint density at radius 3 is 2.81 bits per heavy atom. The quantitative estimate of drug-likeness (QED) is 0.487. The number of hydrogen-bond donors (Lipinski definition) is 2. The predicted molar refractivity (Wildman–Crippen MR) is 107 cm³/mol. The molecule has 0 aliphatic rings. The maximum absolute atomic E-state index is 12.4. The van der Waals surface area contributed by atoms with E-state index in [1.807, 2.05) is 38.2 Å². The van der Waals surface area contributed by atoms with E-state index >= 15 is 0 Å². The molecule has 3 rings (SSSR count). The van der Waals surface area contributed by atoms with Crippen molar-refractivity contribution in [3.8, 4) is 0 Å². The van der Waals surface area contributed by atoms with Gasteiger partial charge in [0, 0.05) is 11.1 Å². The minimum atomic E-state index is -0.568. The van der Waals surface area contributed by atoms with E-state index in [2.05, 4.69) is 10.3 Å². The Hall–Kier alpha value is -2.55. The molecule has 0 saturated heterocycles. The van der Waals surface area contributed by atoms with Crippen molar-refractivity contribution in [2.75, 3.05) is 18.9 Å². The summed E-state index contributed by atoms with van der Waals surface area (Å²) in [6, 6.07) is 12.1. The van der Waals surface area contributed by atoms with Crippen LogP contribution >= 0.6 is 22.9 Å². The van der Waals surface area contributed by atoms with Gasteiger partial charge in [-0.2, -0.15) is 0 Å². The van der Waals surface area contributed by atoms with Crippen LogP contribution in [0.2, 0.25) is 5.02 Å². The Balaban J connectivity index is 1.69. The summed E-state index contributed by atoms with van der Waals surface area (Å²) in [5, 5.41) is 14.9. The molecule has 7 nitrogen and oxygen atoms in total. The summed E-state index contributed by atoms with van der Waals surface area (Å²) in [6.07, 6.45) is 0. The average molecular weight is 406 g/mol. The first-order valence-electron chi connectivity index (χ1n) is 8.26. The summed E-state index contributed by atoms with van der Waals surface area (Å²) >= 11 is 7.40. The number of anilines is 1. The minimum absolute atomic E-state index is 0.00773. The molecule has 2 N–H and O–H groups in total. The van der Waals surface area contributed by atoms with Crippen LogP contribution in [0, 0.1) is 10.1 Å². The number of carbonyl (C=O) groups is 1. The van der Waals surface area contributed by atoms with E-state index in [1.165, 1.54) is 18.2 Å². The molecule has 27 heavy (non-hydrogen) atoms. The monoisotopic (exact) mass is 405 g/mol. The number of nitrogens with one attached hydrogen (secondary N) is 2. The second-order valence-electron chi connectivity index (χ2n) is 6.23. The predicted octanol–water partition coefficient (Wildman–Crippen LogP) is 3.07. The van der Waals surface area contributed by atoms with Crippen molar-refractivity contribution in [1.29, 1.82) is 0 Å². The van der Waals surface area contributed by atoms with Crippen molar-refractivity contribution in [2.45, 2.75) is 13.0 Å². The van der Waals surface area contributed by atoms with Gasteiger partial charge in [-0.15, -0.1) is 11.3 Å². The lowest BCUT2D eigenvalue weighted by Crippen LogP contribution is -3.10. The summed E-state index contributed by atoms with van der Waals surface area (Å²) in [7, 11) is 1.90. The number of likely N-dealkylation sites (N-methyl/N-ethyl adjacent to an activating group) is 1. The Bertz CT molecular complexity index is 974. The molecular weight excluding hydrogens is 388 g/mol. The van der Waals surface area contributed by atoms with Gasteiger partial charge in [0.15, 0.2) is 11.6 Å². The molecule has 1 unspecified atom stereocenters. The maximum atomic E-state index is 12.4. The van der Waals surface area contributed by atoms with Crippen LogP contribution in [0.15, 0.2) is 42.5 Å². The van der Waals surface area contributed by atoms with Crippen LogP contribution in [0.3, 0.4) is 0 Å². The fraction of sp³-hybridized carbons (Fsp3) is 0.222. The standard InChI is InChI=1S/C18H17ClN4O3S/c1-11(18-21-14-5-3-4-6-16(14)27-18)22(2)10-17(24)20-13-8-7-12(19)9-15(13)23(25)26/h3-9,11H,10H2,1-2H3,(H,20,24)/p+1/t11-/m0/s1. The molecule has 2 aromatic carbocycles. The second kappa shape index (κ2) is 7.99. The fourth-order valence-electron chi connectivity index (χ4n) is 2.65. The van der Waals surface area contributed by atoms with E-state index in [0.29, 0.717) is 0 Å². The zero-order valence-electron chi connectivity index (χ0n) is 14.7. The number of nitro groups is 1. The summed E-state index contributed by atoms with van der Waals surface area (Å²) < 4.78 is 1.10. The lowest BCUT2D eigenvalue weighted by atomic mass is 10.2. The minimum Gasteiger partial charge on any atom is -0.322 e. The summed E-state index contributed by atoms with van der Waals surface area (Å²) in [6.45, 7) is 2.15. The molecule has 0 radical (unpaired) electrons. The molecule has 1 amide bonds. The molecule has 0 spiro atoms. The molecule has 0 bridgehead atoms. The molecule has 1 aromatic heterocycles. The Labute approximate surface area is 164 Å². The number of hydrogen-bond acceptors (Lipinski definition) is 5. The van der Waals surface area contributed by atoms with Crippen molar-refractivity contribution in [3.05, 3.63) is 62.6 Å². The number of para-hydroxylation sites is 1. The number of rotatable bonds is 6. The summed E-state index contributed by atoms with van der Waals surface area (Å²) in [5.41, 5.74) is 0.848. The highest BCUT2D eigenvalue weighted by Gasteiger charge is 2.23. The van der Waals surface area contributed by atoms with Gasteiger partial charge in [0.05, 0.1) is 22.2 Å². The van der Waals surface area contributed by atoms with Crippen LogP contribution in [0.25, 0.3) is 10.2 Å². The van der Waals surface area contributed by atoms with Gasteiger partial charge < -0.3 is 10.2 Å². The van der Waals surface area contributed by atoms with Crippen molar-refractivity contribution >= 4 is 50.4 Å². The van der Waals surface area contributed by atoms with Crippen LogP contribution in [-0.2, 0) is 4.79 Å². The highest BCUT2D eigenvalue weighted by molar-refractivity contribution is 7.18. The van der Waals surface area contributed by atoms with Gasteiger partial charge in [-0.25, -0.2) is 4.98 Å². The smallest absolute Gasteiger partial charge is 0.294 e. The summed E-state index contributed by atoms with van der Waals surface area (Å²) in [5.74, 6) is -0.314. The van der Waals surface area contributed by atoms with Crippen LogP contribution < -0.4 is 10.2 Å². The van der Waals surface area contributed by atoms with E-state index in [0.717, 1.165) is 20.1 Å². The zero-order chi connectivity index (χ0) is 19.6. The van der Waals surface area contributed by atoms with Crippen molar-refractivity contribution in [2.24, 2.45) is 0 Å². The largest absolute Gasteiger partial charge is 0.322 e. The number of amides is 1. The van der Waals surface area contributed by atoms with Gasteiger partial charge in [0.2, 0.25) is 0 Å². The molecule has 0 fully saturated rings. The van der Waals surface area contributed by atoms with E-state index in [-0.39, 0.29) is 34.9 Å². The van der Waals surface area contributed by atoms with E-state index in [1.54, 1.807) is 11.3 Å². The normalized spacial score (nSPS) is 13.3. The zero-order valence-corrected chi connectivity index (χ0v) is 16.3. The number of aromatic nitrogens is 1. The maximum Gasteiger partial charge on any atom is 0.294 e. The van der Waals surface area contributed by atoms with E-state index < -0.39 is 4.92 Å². The number of nitro benzene ring substituents is 1. The Morgan fingerprint density at radius 2 is 2.11 bits per heavy atom. The number of carbonyl (C=O) groups excluding carboxylic acids is 1. The van der Waals surface area contributed by atoms with E-state index in [4.69, 9.17) is 11.6 Å². The Morgan fingerprint density at radius 1 is 1.37 bits per heavy atom. The molecule has 140 valence electrons. The number of quaternary nitrogens is 1. The van der Waals surface area contributed by atoms with Gasteiger partial charge in [-0.05, 0) is 31.2 Å². The van der Waals surface area contributed by atoms with Gasteiger partial charge in [0.1, 0.15) is 11.7 Å². The first kappa shape index (κ1) is 19.2. The number of thiazole rings is 1. The van der Waals surface area contributed by atoms with Gasteiger partial charge in [0.25, 0.3) is 11.6 Å². The van der Waals surface area contributed by atoms with Crippen molar-refractivity contribution in [3.63, 3.8) is 0 Å². The van der Waals surface area contributed by atoms with Crippen LogP contribution in [-0.4, -0.2) is 29.4 Å². The molecule has 9 heteroatoms. The fourth-order valence-corrected chi connectivity index (χ4v) is 3.93. The highest BCUT2D eigenvalue weighted by Crippen LogP contribution is 2.28. The van der Waals surface area contributed by atoms with Gasteiger partial charge in [-0.3, -0.25) is 14.9 Å². The number of fused-ring (bicyclic) bond motifs is 1. The lowest BCUT2D eigenvalue weighted by Gasteiger charge is -2.19. The lowest BCUT2D eigenvalue weighted by molar-refractivity contribution is -0.902. The second-order valence-corrected chi connectivity index (χ2v) is 7.73. The third kappa shape index (κ3) is 4.41. The molecule has 2 atom stereocenters. The molecule has 0 aliphatic carbocycles. The highest BCUT2D eigenvalue weighted by atomic mass is 35.5. The van der Waals surface area contributed by atoms with E-state index in [9.17, 15) is 14.9 Å². The third-order valence-corrected chi connectivity index (χ3v) is 5.74. The number of nitrogens with zero attached hydrogens (tertiary/aromatic N) is 2. The molecular formula is C18H18ClN4O3S+. The molecule has 0 saturated carbocycles. The third-order valence-electron chi connectivity index (χ3n) is 4.29. The van der Waals surface area contributed by atoms with Crippen LogP contribution in [0.4, 0.5) is 11.4 Å². The van der Waals surface area contributed by atoms with Crippen LogP contribution in [0.5, 0.6) is 0 Å². The average Bonchev–Trinajstić information content (AvgIpc) is 3.06. The molecule has 3 aromatic rings. The number of benzene rings is 2.